The first-order chi connectivity index (χ1) is 15.9. The van der Waals surface area contributed by atoms with E-state index in [9.17, 15) is 4.79 Å². The first-order valence-corrected chi connectivity index (χ1v) is 12.0. The van der Waals surface area contributed by atoms with Gasteiger partial charge in [0, 0.05) is 15.6 Å². The summed E-state index contributed by atoms with van der Waals surface area (Å²) in [6.45, 7) is 0.755. The topological polar surface area (TPSA) is 38.8 Å². The van der Waals surface area contributed by atoms with E-state index in [2.05, 4.69) is 0 Å². The Hall–Kier alpha value is -2.51. The van der Waals surface area contributed by atoms with E-state index in [-0.39, 0.29) is 5.91 Å². The van der Waals surface area contributed by atoms with Gasteiger partial charge in [-0.1, -0.05) is 77.5 Å². The van der Waals surface area contributed by atoms with E-state index < -0.39 is 0 Å². The minimum atomic E-state index is -0.0986. The third-order valence-corrected chi connectivity index (χ3v) is 6.93. The van der Waals surface area contributed by atoms with Crippen LogP contribution in [0.5, 0.6) is 11.5 Å². The Morgan fingerprint density at radius 3 is 2.36 bits per heavy atom. The number of carbonyl (C=O) groups is 1. The smallest absolute Gasteiger partial charge is 0.266 e. The van der Waals surface area contributed by atoms with E-state index in [1.807, 2.05) is 60.7 Å². The number of carbonyl (C=O) groups excluding carboxylic acids is 1. The average Bonchev–Trinajstić information content (AvgIpc) is 3.07. The zero-order chi connectivity index (χ0) is 23.4. The number of thiocarbonyl (C=S) groups is 1. The summed E-state index contributed by atoms with van der Waals surface area (Å²) in [5.41, 5.74) is 2.72. The lowest BCUT2D eigenvalue weighted by Gasteiger charge is -2.14. The second kappa shape index (κ2) is 10.6. The maximum absolute atomic E-state index is 12.9. The molecular weight excluding hydrogens is 497 g/mol. The van der Waals surface area contributed by atoms with Crippen molar-refractivity contribution in [3.63, 3.8) is 0 Å². The Labute approximate surface area is 212 Å². The molecule has 0 bridgehead atoms. The quantitative estimate of drug-likeness (QED) is 0.250. The molecule has 1 fully saturated rings. The number of rotatable bonds is 7. The average molecular weight is 516 g/mol. The highest BCUT2D eigenvalue weighted by molar-refractivity contribution is 8.26. The molecule has 1 heterocycles. The molecule has 4 nitrogen and oxygen atoms in total. The second-order valence-corrected chi connectivity index (χ2v) is 9.73. The molecule has 0 aliphatic carbocycles. The zero-order valence-corrected chi connectivity index (χ0v) is 20.7. The molecule has 168 valence electrons. The predicted octanol–water partition coefficient (Wildman–Crippen LogP) is 6.98. The largest absolute Gasteiger partial charge is 0.497 e. The highest BCUT2D eigenvalue weighted by Gasteiger charge is 2.31. The van der Waals surface area contributed by atoms with Crippen molar-refractivity contribution >= 4 is 63.5 Å². The van der Waals surface area contributed by atoms with Crippen LogP contribution in [0.3, 0.4) is 0 Å². The molecule has 3 aromatic carbocycles. The van der Waals surface area contributed by atoms with Crippen LogP contribution in [0.25, 0.3) is 6.08 Å². The molecular formula is C25H19Cl2NO3S2. The Bertz CT molecular complexity index is 1210. The lowest BCUT2D eigenvalue weighted by atomic mass is 10.2. The molecule has 0 atom stereocenters. The lowest BCUT2D eigenvalue weighted by molar-refractivity contribution is -0.122. The van der Waals surface area contributed by atoms with Gasteiger partial charge in [-0.2, -0.15) is 0 Å². The number of thioether (sulfide) groups is 1. The van der Waals surface area contributed by atoms with Crippen molar-refractivity contribution in [3.8, 4) is 11.5 Å². The number of amides is 1. The number of benzene rings is 3. The van der Waals surface area contributed by atoms with Crippen molar-refractivity contribution in [2.45, 2.75) is 13.2 Å². The first kappa shape index (κ1) is 23.6. The van der Waals surface area contributed by atoms with E-state index >= 15 is 0 Å². The first-order valence-electron chi connectivity index (χ1n) is 9.98. The SMILES string of the molecule is COc1ccc(CN2C(=O)/C(=C/c3ccc(OCc4ccc(Cl)cc4Cl)cc3)SC2=S)cc1. The van der Waals surface area contributed by atoms with Crippen LogP contribution in [0, 0.1) is 0 Å². The monoisotopic (exact) mass is 515 g/mol. The highest BCUT2D eigenvalue weighted by atomic mass is 35.5. The maximum Gasteiger partial charge on any atom is 0.266 e. The van der Waals surface area contributed by atoms with E-state index in [1.165, 1.54) is 11.8 Å². The van der Waals surface area contributed by atoms with Gasteiger partial charge in [0.25, 0.3) is 5.91 Å². The molecule has 0 saturated carbocycles. The van der Waals surface area contributed by atoms with Crippen molar-refractivity contribution in [1.29, 1.82) is 0 Å². The van der Waals surface area contributed by atoms with Crippen LogP contribution < -0.4 is 9.47 Å². The van der Waals surface area contributed by atoms with Crippen LogP contribution in [0.15, 0.2) is 71.6 Å². The normalized spacial score (nSPS) is 14.8. The van der Waals surface area contributed by atoms with Gasteiger partial charge in [0.2, 0.25) is 0 Å². The van der Waals surface area contributed by atoms with Gasteiger partial charge < -0.3 is 9.47 Å². The third kappa shape index (κ3) is 5.89. The van der Waals surface area contributed by atoms with E-state index in [0.29, 0.717) is 38.2 Å². The summed E-state index contributed by atoms with van der Waals surface area (Å²) < 4.78 is 11.5. The van der Waals surface area contributed by atoms with E-state index in [4.69, 9.17) is 44.9 Å². The van der Waals surface area contributed by atoms with Crippen molar-refractivity contribution in [3.05, 3.63) is 98.4 Å². The molecule has 1 saturated heterocycles. The fourth-order valence-corrected chi connectivity index (χ4v) is 4.88. The number of ether oxygens (including phenoxy) is 2. The van der Waals surface area contributed by atoms with E-state index in [0.717, 1.165) is 22.4 Å². The molecule has 33 heavy (non-hydrogen) atoms. The Morgan fingerprint density at radius 2 is 1.70 bits per heavy atom. The summed E-state index contributed by atoms with van der Waals surface area (Å²) in [5, 5.41) is 1.15. The molecule has 0 radical (unpaired) electrons. The number of nitrogens with zero attached hydrogens (tertiary/aromatic N) is 1. The van der Waals surface area contributed by atoms with Crippen LogP contribution in [-0.2, 0) is 17.9 Å². The second-order valence-electron chi connectivity index (χ2n) is 7.21. The van der Waals surface area contributed by atoms with Crippen molar-refractivity contribution < 1.29 is 14.3 Å². The summed E-state index contributed by atoms with van der Waals surface area (Å²) in [5.74, 6) is 1.37. The summed E-state index contributed by atoms with van der Waals surface area (Å²) in [6.07, 6.45) is 1.84. The predicted molar refractivity (Wildman–Crippen MR) is 139 cm³/mol. The van der Waals surface area contributed by atoms with Gasteiger partial charge in [0.15, 0.2) is 0 Å². The van der Waals surface area contributed by atoms with Crippen LogP contribution in [0.4, 0.5) is 0 Å². The van der Waals surface area contributed by atoms with Gasteiger partial charge in [0.1, 0.15) is 22.4 Å². The maximum atomic E-state index is 12.9. The minimum absolute atomic E-state index is 0.0986. The van der Waals surface area contributed by atoms with Crippen LogP contribution >= 0.6 is 47.2 Å². The Kier molecular flexibility index (Phi) is 7.60. The molecule has 0 unspecified atom stereocenters. The van der Waals surface area contributed by atoms with Crippen molar-refractivity contribution in [1.82, 2.24) is 4.90 Å². The van der Waals surface area contributed by atoms with E-state index in [1.54, 1.807) is 24.1 Å². The van der Waals surface area contributed by atoms with Crippen LogP contribution in [-0.4, -0.2) is 22.2 Å². The fourth-order valence-electron chi connectivity index (χ4n) is 3.16. The summed E-state index contributed by atoms with van der Waals surface area (Å²) >= 11 is 18.9. The minimum Gasteiger partial charge on any atom is -0.497 e. The Balaban J connectivity index is 1.39. The number of halogens is 2. The van der Waals surface area contributed by atoms with Crippen LogP contribution in [0.2, 0.25) is 10.0 Å². The van der Waals surface area contributed by atoms with Gasteiger partial charge in [-0.15, -0.1) is 0 Å². The lowest BCUT2D eigenvalue weighted by Crippen LogP contribution is -2.27. The number of hydrogen-bond acceptors (Lipinski definition) is 5. The summed E-state index contributed by atoms with van der Waals surface area (Å²) in [7, 11) is 1.62. The molecule has 1 aliphatic rings. The standard InChI is InChI=1S/C25H19Cl2NO3S2/c1-30-20-8-4-17(5-9-20)14-28-24(29)23(33-25(28)32)12-16-2-10-21(11-3-16)31-15-18-6-7-19(26)13-22(18)27/h2-13H,14-15H2,1H3/b23-12-. The Morgan fingerprint density at radius 1 is 1.00 bits per heavy atom. The van der Waals surface area contributed by atoms with Gasteiger partial charge in [0.05, 0.1) is 18.6 Å². The zero-order valence-electron chi connectivity index (χ0n) is 17.6. The number of methoxy groups -OCH3 is 1. The number of hydrogen-bond donors (Lipinski definition) is 0. The summed E-state index contributed by atoms with van der Waals surface area (Å²) in [4.78, 5) is 15.1. The van der Waals surface area contributed by atoms with Crippen LogP contribution in [0.1, 0.15) is 16.7 Å². The van der Waals surface area contributed by atoms with Crippen molar-refractivity contribution in [2.24, 2.45) is 0 Å². The molecule has 1 amide bonds. The molecule has 8 heteroatoms. The molecule has 0 N–H and O–H groups in total. The molecule has 0 aromatic heterocycles. The van der Waals surface area contributed by atoms with Crippen molar-refractivity contribution in [2.75, 3.05) is 7.11 Å². The highest BCUT2D eigenvalue weighted by Crippen LogP contribution is 2.34. The molecule has 4 rings (SSSR count). The third-order valence-electron chi connectivity index (χ3n) is 4.96. The summed E-state index contributed by atoms with van der Waals surface area (Å²) in [6, 6.07) is 20.4. The molecule has 0 spiro atoms. The molecule has 3 aromatic rings. The van der Waals surface area contributed by atoms with Gasteiger partial charge in [-0.05, 0) is 53.6 Å². The van der Waals surface area contributed by atoms with Gasteiger partial charge in [-0.25, -0.2) is 0 Å². The van der Waals surface area contributed by atoms with Gasteiger partial charge >= 0.3 is 0 Å². The van der Waals surface area contributed by atoms with Gasteiger partial charge in [-0.3, -0.25) is 9.69 Å². The molecule has 1 aliphatic heterocycles. The fraction of sp³-hybridized carbons (Fsp3) is 0.120.